The number of thiophene rings is 1. The lowest BCUT2D eigenvalue weighted by Gasteiger charge is -2.24. The van der Waals surface area contributed by atoms with Crippen LogP contribution in [-0.4, -0.2) is 32.8 Å². The summed E-state index contributed by atoms with van der Waals surface area (Å²) in [6.45, 7) is 4.10. The Kier molecular flexibility index (Phi) is 5.86. The summed E-state index contributed by atoms with van der Waals surface area (Å²) < 4.78 is 5.65. The molecule has 6 nitrogen and oxygen atoms in total. The Morgan fingerprint density at radius 2 is 1.84 bits per heavy atom. The van der Waals surface area contributed by atoms with Gasteiger partial charge in [0.25, 0.3) is 11.7 Å². The van der Waals surface area contributed by atoms with Crippen LogP contribution in [0.2, 0.25) is 0 Å². The van der Waals surface area contributed by atoms with Crippen molar-refractivity contribution in [1.29, 1.82) is 0 Å². The average Bonchev–Trinajstić information content (AvgIpc) is 3.37. The molecular weight excluding hydrogens is 412 g/mol. The maximum Gasteiger partial charge on any atom is 0.295 e. The first kappa shape index (κ1) is 20.8. The number of hydrogen-bond donors (Lipinski definition) is 1. The van der Waals surface area contributed by atoms with E-state index in [0.29, 0.717) is 11.3 Å². The molecule has 1 atom stereocenters. The molecule has 1 aromatic carbocycles. The molecule has 2 aromatic heterocycles. The number of carbonyl (C=O) groups is 2. The van der Waals surface area contributed by atoms with Crippen molar-refractivity contribution in [3.8, 4) is 5.75 Å². The van der Waals surface area contributed by atoms with Gasteiger partial charge in [0, 0.05) is 29.4 Å². The van der Waals surface area contributed by atoms with Crippen LogP contribution < -0.4 is 4.74 Å². The summed E-state index contributed by atoms with van der Waals surface area (Å²) in [5.74, 6) is -0.839. The number of rotatable bonds is 6. The molecule has 1 aliphatic rings. The van der Waals surface area contributed by atoms with E-state index < -0.39 is 17.7 Å². The SMILES string of the molecule is CC(C)Oc1ccc(/C(O)=C2/C(=O)C(=O)N(Cc3ccncc3)C2c2cccs2)cc1. The summed E-state index contributed by atoms with van der Waals surface area (Å²) in [4.78, 5) is 32.3. The first-order chi connectivity index (χ1) is 15.0. The Morgan fingerprint density at radius 1 is 1.13 bits per heavy atom. The van der Waals surface area contributed by atoms with Crippen molar-refractivity contribution in [1.82, 2.24) is 9.88 Å². The summed E-state index contributed by atoms with van der Waals surface area (Å²) in [5, 5.41) is 13.0. The van der Waals surface area contributed by atoms with Gasteiger partial charge in [-0.05, 0) is 67.3 Å². The minimum absolute atomic E-state index is 0.0248. The summed E-state index contributed by atoms with van der Waals surface area (Å²) in [6, 6.07) is 13.5. The molecule has 1 fully saturated rings. The largest absolute Gasteiger partial charge is 0.507 e. The third kappa shape index (κ3) is 4.22. The second kappa shape index (κ2) is 8.73. The first-order valence-corrected chi connectivity index (χ1v) is 10.8. The smallest absolute Gasteiger partial charge is 0.295 e. The third-order valence-corrected chi connectivity index (χ3v) is 5.88. The second-order valence-corrected chi connectivity index (χ2v) is 8.47. The molecule has 1 saturated heterocycles. The van der Waals surface area contributed by atoms with Gasteiger partial charge in [0.15, 0.2) is 0 Å². The maximum absolute atomic E-state index is 13.0. The van der Waals surface area contributed by atoms with Crippen LogP contribution in [0.3, 0.4) is 0 Å². The number of carbonyl (C=O) groups excluding carboxylic acids is 2. The molecule has 0 saturated carbocycles. The molecule has 0 spiro atoms. The molecule has 3 aromatic rings. The van der Waals surface area contributed by atoms with E-state index in [4.69, 9.17) is 4.74 Å². The fourth-order valence-corrected chi connectivity index (χ4v) is 4.44. The molecule has 31 heavy (non-hydrogen) atoms. The molecule has 0 aliphatic carbocycles. The number of aliphatic hydroxyl groups excluding tert-OH is 1. The number of Topliss-reactive ketones (excluding diaryl/α,β-unsaturated/α-hetero) is 1. The Balaban J connectivity index is 1.76. The van der Waals surface area contributed by atoms with E-state index in [2.05, 4.69) is 4.98 Å². The van der Waals surface area contributed by atoms with Gasteiger partial charge in [0.05, 0.1) is 17.7 Å². The number of aliphatic hydroxyl groups is 1. The van der Waals surface area contributed by atoms with E-state index >= 15 is 0 Å². The molecule has 1 aliphatic heterocycles. The highest BCUT2D eigenvalue weighted by molar-refractivity contribution is 7.10. The van der Waals surface area contributed by atoms with Crippen LogP contribution in [-0.2, 0) is 16.1 Å². The summed E-state index contributed by atoms with van der Waals surface area (Å²) in [7, 11) is 0. The highest BCUT2D eigenvalue weighted by Crippen LogP contribution is 2.41. The van der Waals surface area contributed by atoms with Crippen LogP contribution in [0.4, 0.5) is 0 Å². The number of aromatic nitrogens is 1. The second-order valence-electron chi connectivity index (χ2n) is 7.49. The van der Waals surface area contributed by atoms with Crippen LogP contribution in [0.15, 0.2) is 71.9 Å². The number of likely N-dealkylation sites (tertiary alicyclic amines) is 1. The van der Waals surface area contributed by atoms with E-state index in [1.54, 1.807) is 48.8 Å². The predicted octanol–water partition coefficient (Wildman–Crippen LogP) is 4.55. The van der Waals surface area contributed by atoms with Crippen molar-refractivity contribution in [3.63, 3.8) is 0 Å². The quantitative estimate of drug-likeness (QED) is 0.350. The molecule has 0 bridgehead atoms. The summed E-state index contributed by atoms with van der Waals surface area (Å²) in [5.41, 5.74) is 1.41. The number of ether oxygens (including phenoxy) is 1. The predicted molar refractivity (Wildman–Crippen MR) is 119 cm³/mol. The number of ketones is 1. The molecule has 3 heterocycles. The van der Waals surface area contributed by atoms with Gasteiger partial charge in [-0.25, -0.2) is 0 Å². The van der Waals surface area contributed by atoms with Gasteiger partial charge in [-0.3, -0.25) is 14.6 Å². The van der Waals surface area contributed by atoms with Gasteiger partial charge in [0.2, 0.25) is 0 Å². The Hall–Kier alpha value is -3.45. The fraction of sp³-hybridized carbons (Fsp3) is 0.208. The lowest BCUT2D eigenvalue weighted by molar-refractivity contribution is -0.140. The first-order valence-electron chi connectivity index (χ1n) is 9.93. The number of amides is 1. The van der Waals surface area contributed by atoms with Crippen LogP contribution in [0.25, 0.3) is 5.76 Å². The Morgan fingerprint density at radius 3 is 2.45 bits per heavy atom. The Bertz CT molecular complexity index is 1110. The number of hydrogen-bond acceptors (Lipinski definition) is 6. The zero-order valence-corrected chi connectivity index (χ0v) is 18.0. The topological polar surface area (TPSA) is 79.7 Å². The number of nitrogens with zero attached hydrogens (tertiary/aromatic N) is 2. The van der Waals surface area contributed by atoms with Gasteiger partial charge in [-0.1, -0.05) is 6.07 Å². The molecular formula is C24H22N2O4S. The average molecular weight is 435 g/mol. The number of benzene rings is 1. The standard InChI is InChI=1S/C24H22N2O4S/c1-15(2)30-18-7-5-17(6-8-18)22(27)20-21(19-4-3-13-31-19)26(24(29)23(20)28)14-16-9-11-25-12-10-16/h3-13,15,21,27H,14H2,1-2H3/b22-20-. The highest BCUT2D eigenvalue weighted by Gasteiger charge is 2.46. The normalized spacial score (nSPS) is 18.0. The third-order valence-electron chi connectivity index (χ3n) is 4.95. The monoisotopic (exact) mass is 434 g/mol. The zero-order valence-electron chi connectivity index (χ0n) is 17.2. The van der Waals surface area contributed by atoms with Gasteiger partial charge in [0.1, 0.15) is 11.5 Å². The highest BCUT2D eigenvalue weighted by atomic mass is 32.1. The summed E-state index contributed by atoms with van der Waals surface area (Å²) in [6.07, 6.45) is 3.32. The maximum atomic E-state index is 13.0. The van der Waals surface area contributed by atoms with E-state index in [-0.39, 0.29) is 24.0 Å². The molecule has 4 rings (SSSR count). The van der Waals surface area contributed by atoms with Crippen molar-refractivity contribution < 1.29 is 19.4 Å². The van der Waals surface area contributed by atoms with Crippen molar-refractivity contribution >= 4 is 28.8 Å². The lowest BCUT2D eigenvalue weighted by atomic mass is 9.99. The fourth-order valence-electron chi connectivity index (χ4n) is 3.59. The van der Waals surface area contributed by atoms with Crippen LogP contribution in [0.1, 0.15) is 35.9 Å². The lowest BCUT2D eigenvalue weighted by Crippen LogP contribution is -2.28. The van der Waals surface area contributed by atoms with Crippen molar-refractivity contribution in [2.45, 2.75) is 32.5 Å². The van der Waals surface area contributed by atoms with Crippen molar-refractivity contribution in [2.75, 3.05) is 0 Å². The molecule has 1 amide bonds. The number of pyridine rings is 1. The van der Waals surface area contributed by atoms with E-state index in [1.807, 2.05) is 31.4 Å². The van der Waals surface area contributed by atoms with Gasteiger partial charge in [-0.2, -0.15) is 0 Å². The van der Waals surface area contributed by atoms with Crippen LogP contribution in [0.5, 0.6) is 5.75 Å². The van der Waals surface area contributed by atoms with Crippen LogP contribution >= 0.6 is 11.3 Å². The molecule has 1 unspecified atom stereocenters. The molecule has 158 valence electrons. The minimum atomic E-state index is -0.688. The molecule has 1 N–H and O–H groups in total. The van der Waals surface area contributed by atoms with Crippen molar-refractivity contribution in [2.24, 2.45) is 0 Å². The van der Waals surface area contributed by atoms with Gasteiger partial charge >= 0.3 is 0 Å². The van der Waals surface area contributed by atoms with Gasteiger partial charge < -0.3 is 14.7 Å². The van der Waals surface area contributed by atoms with Crippen LogP contribution in [0, 0.1) is 0 Å². The molecule has 0 radical (unpaired) electrons. The minimum Gasteiger partial charge on any atom is -0.507 e. The molecule has 7 heteroatoms. The van der Waals surface area contributed by atoms with Gasteiger partial charge in [-0.15, -0.1) is 11.3 Å². The zero-order chi connectivity index (χ0) is 22.0. The van der Waals surface area contributed by atoms with Crippen molar-refractivity contribution in [3.05, 3.63) is 87.9 Å². The Labute approximate surface area is 184 Å². The van der Waals surface area contributed by atoms with E-state index in [9.17, 15) is 14.7 Å². The summed E-state index contributed by atoms with van der Waals surface area (Å²) >= 11 is 1.44. The van der Waals surface area contributed by atoms with E-state index in [0.717, 1.165) is 10.4 Å². The van der Waals surface area contributed by atoms with E-state index in [1.165, 1.54) is 16.2 Å².